The molecule has 10 heteroatoms. The van der Waals surface area contributed by atoms with Crippen molar-refractivity contribution in [1.82, 2.24) is 24.7 Å². The number of carbonyl (C=O) groups is 3. The molecular weight excluding hydrogens is 638 g/mol. The summed E-state index contributed by atoms with van der Waals surface area (Å²) in [5.41, 5.74) is 8.15. The van der Waals surface area contributed by atoms with Gasteiger partial charge in [0.25, 0.3) is 0 Å². The van der Waals surface area contributed by atoms with Crippen LogP contribution in [0.4, 0.5) is 0 Å². The van der Waals surface area contributed by atoms with Crippen molar-refractivity contribution in [2.75, 3.05) is 40.3 Å². The number of nitriles is 2. The van der Waals surface area contributed by atoms with E-state index in [4.69, 9.17) is 0 Å². The lowest BCUT2D eigenvalue weighted by Crippen LogP contribution is -2.36. The molecule has 0 aromatic carbocycles. The number of Topliss-reactive ketones (excluding diaryl/α,β-unsaturated/α-hetero) is 2. The van der Waals surface area contributed by atoms with Gasteiger partial charge in [-0.1, -0.05) is 20.3 Å². The van der Waals surface area contributed by atoms with Gasteiger partial charge < -0.3 is 14.7 Å². The molecule has 10 nitrogen and oxygen atoms in total. The number of fused-ring (bicyclic) bond motifs is 2. The predicted molar refractivity (Wildman–Crippen MR) is 195 cm³/mol. The Morgan fingerprint density at radius 2 is 1.18 bits per heavy atom. The van der Waals surface area contributed by atoms with Crippen molar-refractivity contribution in [2.45, 2.75) is 91.0 Å². The minimum absolute atomic E-state index is 0.0705. The van der Waals surface area contributed by atoms with Gasteiger partial charge in [0, 0.05) is 69.1 Å². The third-order valence-electron chi connectivity index (χ3n) is 11.3. The number of aldehydes is 1. The van der Waals surface area contributed by atoms with E-state index in [1.54, 1.807) is 12.3 Å². The van der Waals surface area contributed by atoms with Gasteiger partial charge in [0.15, 0.2) is 17.9 Å². The highest BCUT2D eigenvalue weighted by Gasteiger charge is 2.46. The molecule has 4 heterocycles. The summed E-state index contributed by atoms with van der Waals surface area (Å²) in [6, 6.07) is 8.08. The zero-order valence-corrected chi connectivity index (χ0v) is 30.6. The van der Waals surface area contributed by atoms with E-state index < -0.39 is 0 Å². The average molecular weight is 688 g/mol. The molecule has 2 aliphatic heterocycles. The zero-order valence-electron chi connectivity index (χ0n) is 30.6. The van der Waals surface area contributed by atoms with Gasteiger partial charge in [-0.05, 0) is 99.6 Å². The van der Waals surface area contributed by atoms with Gasteiger partial charge in [0.2, 0.25) is 0 Å². The highest BCUT2D eigenvalue weighted by atomic mass is 16.1. The van der Waals surface area contributed by atoms with E-state index in [0.29, 0.717) is 34.1 Å². The van der Waals surface area contributed by atoms with Crippen LogP contribution in [0.15, 0.2) is 35.7 Å². The maximum Gasteiger partial charge on any atom is 0.179 e. The number of rotatable bonds is 5. The molecule has 2 saturated carbocycles. The molecule has 0 atom stereocenters. The first-order valence-corrected chi connectivity index (χ1v) is 18.5. The summed E-state index contributed by atoms with van der Waals surface area (Å²) in [6.07, 6.45) is 15.7. The minimum atomic E-state index is -0.151. The van der Waals surface area contributed by atoms with E-state index in [-0.39, 0.29) is 30.0 Å². The standard InChI is InChI=1S/C20H24N4O.C18H17N3O2.C3H8/c1-23(2)13-15-10-16-14(12-22-15)9-18(25)17(11-21)19(16)24-7-5-20(3-4-20)6-8-24;19-9-15-16(23)7-12-10-20-13(11-22)8-14(12)17(15)21-5-3-18(1-2-18)4-6-21;1-3-2/h10,12H,3-9,13H2,1-2H3;8,10-11H,1-7H2;3H2,1-2H3. The Hall–Kier alpha value is -4.67. The Kier molecular flexibility index (Phi) is 10.6. The maximum absolute atomic E-state index is 12.5. The summed E-state index contributed by atoms with van der Waals surface area (Å²) in [5, 5.41) is 19.1. The van der Waals surface area contributed by atoms with Crippen molar-refractivity contribution in [2.24, 2.45) is 10.8 Å². The van der Waals surface area contributed by atoms with Crippen LogP contribution in [0.2, 0.25) is 0 Å². The number of piperidine rings is 2. The van der Waals surface area contributed by atoms with Gasteiger partial charge in [-0.25, -0.2) is 0 Å². The lowest BCUT2D eigenvalue weighted by Gasteiger charge is -2.37. The second-order valence-corrected chi connectivity index (χ2v) is 15.5. The van der Waals surface area contributed by atoms with Crippen molar-refractivity contribution in [1.29, 1.82) is 10.5 Å². The topological polar surface area (TPSA) is 134 Å². The zero-order chi connectivity index (χ0) is 36.3. The van der Waals surface area contributed by atoms with E-state index in [1.165, 1.54) is 44.9 Å². The van der Waals surface area contributed by atoms with Crippen molar-refractivity contribution in [3.63, 3.8) is 0 Å². The van der Waals surface area contributed by atoms with Crippen molar-refractivity contribution >= 4 is 29.2 Å². The number of hydrogen-bond donors (Lipinski definition) is 0. The molecule has 0 N–H and O–H groups in total. The van der Waals surface area contributed by atoms with E-state index in [2.05, 4.69) is 56.7 Å². The number of ketones is 2. The van der Waals surface area contributed by atoms with Gasteiger partial charge >= 0.3 is 0 Å². The van der Waals surface area contributed by atoms with E-state index in [1.807, 2.05) is 20.3 Å². The number of pyridine rings is 2. The first-order chi connectivity index (χ1) is 24.6. The quantitative estimate of drug-likeness (QED) is 0.349. The largest absolute Gasteiger partial charge is 0.370 e. The third kappa shape index (κ3) is 7.67. The van der Waals surface area contributed by atoms with Crippen LogP contribution in [0.5, 0.6) is 0 Å². The Balaban J connectivity index is 0.000000164. The molecule has 0 radical (unpaired) electrons. The fourth-order valence-electron chi connectivity index (χ4n) is 7.93. The molecule has 0 unspecified atom stereocenters. The lowest BCUT2D eigenvalue weighted by atomic mass is 9.86. The normalized spacial score (nSPS) is 20.8. The number of hydrogen-bond acceptors (Lipinski definition) is 10. The number of allylic oxidation sites excluding steroid dienone is 2. The second kappa shape index (κ2) is 14.9. The summed E-state index contributed by atoms with van der Waals surface area (Å²) in [7, 11) is 4.03. The highest BCUT2D eigenvalue weighted by molar-refractivity contribution is 6.10. The number of aromatic nitrogens is 2. The molecule has 51 heavy (non-hydrogen) atoms. The average Bonchev–Trinajstić information content (AvgIpc) is 4.06. The molecule has 0 bridgehead atoms. The number of carbonyl (C=O) groups excluding carboxylic acids is 3. The molecule has 4 fully saturated rings. The van der Waals surface area contributed by atoms with Crippen LogP contribution in [0.1, 0.15) is 110 Å². The summed E-state index contributed by atoms with van der Waals surface area (Å²) in [6.45, 7) is 8.62. The molecule has 8 rings (SSSR count). The SMILES string of the molecule is CCC.CN(C)Cc1cc2c(cn1)CC(=O)C(C#N)=C2N1CCC2(CC1)CC2.N#CC1=C(N2CCC3(CC2)CC3)c2cc(C=O)ncc2CC1=O. The van der Waals surface area contributed by atoms with Crippen LogP contribution in [-0.2, 0) is 29.0 Å². The Morgan fingerprint density at radius 1 is 0.745 bits per heavy atom. The molecule has 2 aromatic rings. The fourth-order valence-corrected chi connectivity index (χ4v) is 7.93. The Bertz CT molecular complexity index is 1850. The van der Waals surface area contributed by atoms with Crippen LogP contribution >= 0.6 is 0 Å². The van der Waals surface area contributed by atoms with E-state index >= 15 is 0 Å². The van der Waals surface area contributed by atoms with Gasteiger partial charge in [0.1, 0.15) is 29.0 Å². The number of likely N-dealkylation sites (tertiary alicyclic amines) is 2. The Morgan fingerprint density at radius 3 is 1.57 bits per heavy atom. The Labute approximate surface area is 301 Å². The molecule has 6 aliphatic rings. The number of nitrogens with zero attached hydrogens (tertiary/aromatic N) is 7. The first kappa shape index (κ1) is 36.1. The van der Waals surface area contributed by atoms with Gasteiger partial charge in [-0.15, -0.1) is 0 Å². The van der Waals surface area contributed by atoms with Crippen LogP contribution in [0.25, 0.3) is 11.4 Å². The predicted octanol–water partition coefficient (Wildman–Crippen LogP) is 5.93. The molecule has 2 aromatic heterocycles. The van der Waals surface area contributed by atoms with Gasteiger partial charge in [-0.3, -0.25) is 24.4 Å². The molecule has 4 aliphatic carbocycles. The smallest absolute Gasteiger partial charge is 0.179 e. The summed E-state index contributed by atoms with van der Waals surface area (Å²) in [5.74, 6) is -0.221. The summed E-state index contributed by atoms with van der Waals surface area (Å²) in [4.78, 5) is 51.0. The van der Waals surface area contributed by atoms with Gasteiger partial charge in [0.05, 0.1) is 17.1 Å². The van der Waals surface area contributed by atoms with Crippen LogP contribution < -0.4 is 0 Å². The molecule has 0 amide bonds. The van der Waals surface area contributed by atoms with E-state index in [0.717, 1.165) is 79.2 Å². The van der Waals surface area contributed by atoms with E-state index in [9.17, 15) is 24.9 Å². The molecule has 2 saturated heterocycles. The fraction of sp³-hybridized carbons (Fsp3) is 0.537. The van der Waals surface area contributed by atoms with Crippen LogP contribution in [0, 0.1) is 33.5 Å². The highest BCUT2D eigenvalue weighted by Crippen LogP contribution is 2.55. The van der Waals surface area contributed by atoms with Crippen molar-refractivity contribution in [3.05, 3.63) is 69.3 Å². The maximum atomic E-state index is 12.5. The summed E-state index contributed by atoms with van der Waals surface area (Å²) < 4.78 is 0. The second-order valence-electron chi connectivity index (χ2n) is 15.5. The molecular formula is C41H49N7O3. The monoisotopic (exact) mass is 687 g/mol. The third-order valence-corrected chi connectivity index (χ3v) is 11.3. The first-order valence-electron chi connectivity index (χ1n) is 18.5. The summed E-state index contributed by atoms with van der Waals surface area (Å²) >= 11 is 0. The van der Waals surface area contributed by atoms with Crippen molar-refractivity contribution < 1.29 is 14.4 Å². The lowest BCUT2D eigenvalue weighted by molar-refractivity contribution is -0.115. The van der Waals surface area contributed by atoms with Gasteiger partial charge in [-0.2, -0.15) is 10.5 Å². The van der Waals surface area contributed by atoms with Crippen molar-refractivity contribution in [3.8, 4) is 12.1 Å². The minimum Gasteiger partial charge on any atom is -0.370 e. The van der Waals surface area contributed by atoms with Crippen LogP contribution in [0.3, 0.4) is 0 Å². The van der Waals surface area contributed by atoms with Crippen LogP contribution in [-0.4, -0.2) is 82.8 Å². The molecule has 266 valence electrons. The molecule has 2 spiro atoms.